The maximum absolute atomic E-state index is 4.37. The highest BCUT2D eigenvalue weighted by Gasteiger charge is 2.13. The van der Waals surface area contributed by atoms with Crippen LogP contribution in [0.15, 0.2) is 42.6 Å². The molecule has 1 aliphatic carbocycles. The number of pyridine rings is 1. The van der Waals surface area contributed by atoms with Gasteiger partial charge in [0, 0.05) is 6.20 Å². The van der Waals surface area contributed by atoms with E-state index in [4.69, 9.17) is 0 Å². The van der Waals surface area contributed by atoms with E-state index in [0.29, 0.717) is 0 Å². The Hall–Kier alpha value is -1.63. The van der Waals surface area contributed by atoms with E-state index < -0.39 is 0 Å². The van der Waals surface area contributed by atoms with Gasteiger partial charge in [-0.3, -0.25) is 4.98 Å². The molecule has 0 bridgehead atoms. The van der Waals surface area contributed by atoms with Crippen molar-refractivity contribution in [1.82, 2.24) is 4.98 Å². The summed E-state index contributed by atoms with van der Waals surface area (Å²) in [6, 6.07) is 12.6. The summed E-state index contributed by atoms with van der Waals surface area (Å²) in [7, 11) is 0. The molecule has 0 unspecified atom stereocenters. The first kappa shape index (κ1) is 8.66. The third-order valence-corrected chi connectivity index (χ3v) is 2.83. The predicted molar refractivity (Wildman–Crippen MR) is 59.5 cm³/mol. The van der Waals surface area contributed by atoms with Crippen molar-refractivity contribution in [1.29, 1.82) is 0 Å². The minimum Gasteiger partial charge on any atom is -0.260 e. The molecule has 15 heavy (non-hydrogen) atoms. The number of hydrogen-bond acceptors (Lipinski definition) is 1. The Morgan fingerprint density at radius 1 is 0.933 bits per heavy atom. The van der Waals surface area contributed by atoms with E-state index in [1.807, 2.05) is 12.3 Å². The molecule has 72 valence electrons. The van der Waals surface area contributed by atoms with Gasteiger partial charge in [-0.05, 0) is 35.6 Å². The van der Waals surface area contributed by atoms with Crippen LogP contribution in [0.5, 0.6) is 0 Å². The third kappa shape index (κ3) is 1.54. The van der Waals surface area contributed by atoms with Crippen LogP contribution in [0.3, 0.4) is 0 Å². The van der Waals surface area contributed by atoms with Crippen LogP contribution in [0, 0.1) is 6.42 Å². The monoisotopic (exact) mass is 193 g/mol. The Morgan fingerprint density at radius 3 is 2.73 bits per heavy atom. The average molecular weight is 193 g/mol. The maximum atomic E-state index is 4.37. The van der Waals surface area contributed by atoms with Gasteiger partial charge in [0.15, 0.2) is 0 Å². The van der Waals surface area contributed by atoms with E-state index >= 15 is 0 Å². The topological polar surface area (TPSA) is 12.9 Å². The molecule has 0 atom stereocenters. The number of aryl methyl sites for hydroxylation is 2. The summed E-state index contributed by atoms with van der Waals surface area (Å²) in [5.41, 5.74) is 4.86. The zero-order chi connectivity index (χ0) is 10.1. The lowest BCUT2D eigenvalue weighted by molar-refractivity contribution is 0.955. The molecular weight excluding hydrogens is 182 g/mol. The number of benzene rings is 1. The van der Waals surface area contributed by atoms with Crippen LogP contribution < -0.4 is 0 Å². The summed E-state index contributed by atoms with van der Waals surface area (Å²) in [5, 5.41) is 0. The smallest absolute Gasteiger partial charge is 0.0711 e. The molecule has 3 rings (SSSR count). The van der Waals surface area contributed by atoms with Crippen LogP contribution in [-0.4, -0.2) is 4.98 Å². The normalized spacial score (nSPS) is 13.9. The van der Waals surface area contributed by atoms with Crippen LogP contribution in [0.2, 0.25) is 0 Å². The molecule has 0 aliphatic heterocycles. The standard InChI is InChI=1S/C14H11N/c1-2-5-13-10-14-12(6-3-9-15-14)8-7-11(13)4-1/h1-6,9H,7-8H2. The van der Waals surface area contributed by atoms with Gasteiger partial charge in [-0.1, -0.05) is 30.3 Å². The van der Waals surface area contributed by atoms with Crippen molar-refractivity contribution >= 4 is 0 Å². The minimum atomic E-state index is 1.00. The zero-order valence-corrected chi connectivity index (χ0v) is 8.40. The molecule has 0 N–H and O–H groups in total. The fraction of sp³-hybridized carbons (Fsp3) is 0.143. The van der Waals surface area contributed by atoms with Gasteiger partial charge in [0.2, 0.25) is 0 Å². The second kappa shape index (κ2) is 3.50. The summed E-state index contributed by atoms with van der Waals surface area (Å²) < 4.78 is 0. The molecule has 1 heteroatoms. The van der Waals surface area contributed by atoms with Crippen LogP contribution in [-0.2, 0) is 12.8 Å². The first-order valence-electron chi connectivity index (χ1n) is 5.22. The van der Waals surface area contributed by atoms with E-state index in [1.165, 1.54) is 16.7 Å². The van der Waals surface area contributed by atoms with Crippen molar-refractivity contribution in [2.45, 2.75) is 12.8 Å². The van der Waals surface area contributed by atoms with E-state index in [2.05, 4.69) is 41.7 Å². The van der Waals surface area contributed by atoms with E-state index in [-0.39, 0.29) is 0 Å². The number of aromatic nitrogens is 1. The number of hydrogen-bond donors (Lipinski definition) is 0. The zero-order valence-electron chi connectivity index (χ0n) is 8.40. The average Bonchev–Trinajstić information content (AvgIpc) is 2.48. The minimum absolute atomic E-state index is 1.00. The van der Waals surface area contributed by atoms with Gasteiger partial charge < -0.3 is 0 Å². The van der Waals surface area contributed by atoms with Crippen LogP contribution >= 0.6 is 0 Å². The second-order valence-corrected chi connectivity index (χ2v) is 3.79. The molecule has 1 heterocycles. The van der Waals surface area contributed by atoms with Crippen molar-refractivity contribution in [3.63, 3.8) is 0 Å². The Labute approximate surface area is 89.8 Å². The fourth-order valence-electron chi connectivity index (χ4n) is 2.01. The highest BCUT2D eigenvalue weighted by atomic mass is 14.7. The van der Waals surface area contributed by atoms with E-state index in [1.54, 1.807) is 0 Å². The molecular formula is C14H11N. The summed E-state index contributed by atoms with van der Waals surface area (Å²) in [4.78, 5) is 4.37. The molecule has 1 aromatic heterocycles. The first-order chi connectivity index (χ1) is 7.43. The molecule has 0 fully saturated rings. The lowest BCUT2D eigenvalue weighted by Gasteiger charge is -2.02. The van der Waals surface area contributed by atoms with Gasteiger partial charge in [0.05, 0.1) is 12.1 Å². The van der Waals surface area contributed by atoms with Crippen molar-refractivity contribution in [3.8, 4) is 0 Å². The lowest BCUT2D eigenvalue weighted by atomic mass is 10.0. The van der Waals surface area contributed by atoms with E-state index in [9.17, 15) is 0 Å². The highest BCUT2D eigenvalue weighted by Crippen LogP contribution is 2.23. The summed E-state index contributed by atoms with van der Waals surface area (Å²) >= 11 is 0. The van der Waals surface area contributed by atoms with Crippen molar-refractivity contribution in [2.75, 3.05) is 0 Å². The molecule has 0 saturated heterocycles. The molecule has 0 saturated carbocycles. The molecule has 2 radical (unpaired) electrons. The number of fused-ring (bicyclic) bond motifs is 2. The fourth-order valence-corrected chi connectivity index (χ4v) is 2.01. The van der Waals surface area contributed by atoms with Crippen molar-refractivity contribution < 1.29 is 0 Å². The Balaban J connectivity index is 2.10. The third-order valence-electron chi connectivity index (χ3n) is 2.83. The summed E-state index contributed by atoms with van der Waals surface area (Å²) in [6.45, 7) is 0. The Kier molecular flexibility index (Phi) is 2.02. The molecule has 0 spiro atoms. The number of nitrogens with zero attached hydrogens (tertiary/aromatic N) is 1. The Morgan fingerprint density at radius 2 is 1.73 bits per heavy atom. The lowest BCUT2D eigenvalue weighted by Crippen LogP contribution is -1.93. The molecule has 1 aliphatic rings. The van der Waals surface area contributed by atoms with Crippen LogP contribution in [0.1, 0.15) is 22.4 Å². The highest BCUT2D eigenvalue weighted by molar-refractivity contribution is 5.45. The summed E-state index contributed by atoms with van der Waals surface area (Å²) in [5.74, 6) is 0. The first-order valence-corrected chi connectivity index (χ1v) is 5.22. The number of rotatable bonds is 0. The van der Waals surface area contributed by atoms with Crippen LogP contribution in [0.4, 0.5) is 0 Å². The van der Waals surface area contributed by atoms with Crippen molar-refractivity contribution in [2.24, 2.45) is 0 Å². The van der Waals surface area contributed by atoms with Gasteiger partial charge >= 0.3 is 0 Å². The summed E-state index contributed by atoms with van der Waals surface area (Å²) in [6.07, 6.45) is 7.37. The molecule has 1 nitrogen and oxygen atoms in total. The molecule has 1 aromatic carbocycles. The molecule has 0 amide bonds. The quantitative estimate of drug-likeness (QED) is 0.626. The molecule has 2 aromatic rings. The van der Waals surface area contributed by atoms with E-state index in [0.717, 1.165) is 18.5 Å². The second-order valence-electron chi connectivity index (χ2n) is 3.79. The largest absolute Gasteiger partial charge is 0.260 e. The predicted octanol–water partition coefficient (Wildman–Crippen LogP) is 2.66. The SMILES string of the molecule is [C]1c2ccccc2CCc2cccnc21. The maximum Gasteiger partial charge on any atom is 0.0711 e. The van der Waals surface area contributed by atoms with Gasteiger partial charge in [-0.25, -0.2) is 0 Å². The van der Waals surface area contributed by atoms with Gasteiger partial charge in [-0.15, -0.1) is 0 Å². The Bertz CT molecular complexity index is 443. The van der Waals surface area contributed by atoms with Crippen LogP contribution in [0.25, 0.3) is 0 Å². The van der Waals surface area contributed by atoms with Crippen molar-refractivity contribution in [3.05, 3.63) is 71.4 Å². The van der Waals surface area contributed by atoms with Gasteiger partial charge in [0.1, 0.15) is 0 Å². The van der Waals surface area contributed by atoms with Gasteiger partial charge in [-0.2, -0.15) is 0 Å². The van der Waals surface area contributed by atoms with Gasteiger partial charge in [0.25, 0.3) is 0 Å².